The van der Waals surface area contributed by atoms with E-state index in [1.165, 1.54) is 0 Å². The highest BCUT2D eigenvalue weighted by Crippen LogP contribution is 2.20. The van der Waals surface area contributed by atoms with Crippen molar-refractivity contribution in [2.75, 3.05) is 27.4 Å². The Balaban J connectivity index is 2.19. The van der Waals surface area contributed by atoms with Crippen molar-refractivity contribution in [3.63, 3.8) is 0 Å². The first-order chi connectivity index (χ1) is 10.7. The summed E-state index contributed by atoms with van der Waals surface area (Å²) in [5.74, 6) is -0.0484. The van der Waals surface area contributed by atoms with Crippen molar-refractivity contribution in [1.82, 2.24) is 10.3 Å². The minimum atomic E-state index is -0.0484. The number of aromatic nitrogens is 1. The topological polar surface area (TPSA) is 60.5 Å². The number of rotatable bonds is 8. The van der Waals surface area contributed by atoms with Crippen LogP contribution in [0.2, 0.25) is 0 Å². The molecule has 0 unspecified atom stereocenters. The van der Waals surface area contributed by atoms with E-state index < -0.39 is 0 Å². The maximum atomic E-state index is 12.2. The summed E-state index contributed by atoms with van der Waals surface area (Å²) in [6.07, 6.45) is 9.58. The molecule has 1 fully saturated rings. The van der Waals surface area contributed by atoms with E-state index in [-0.39, 0.29) is 5.91 Å². The van der Waals surface area contributed by atoms with Crippen molar-refractivity contribution < 1.29 is 14.3 Å². The predicted octanol–water partition coefficient (Wildman–Crippen LogP) is 2.29. The van der Waals surface area contributed by atoms with Crippen molar-refractivity contribution in [3.05, 3.63) is 41.2 Å². The number of pyridine rings is 1. The summed E-state index contributed by atoms with van der Waals surface area (Å²) < 4.78 is 9.97. The van der Waals surface area contributed by atoms with Crippen molar-refractivity contribution in [1.29, 1.82) is 0 Å². The molecular formula is C17H22N2O3. The van der Waals surface area contributed by atoms with Gasteiger partial charge < -0.3 is 14.8 Å². The normalized spacial score (nSPS) is 14.8. The monoisotopic (exact) mass is 302 g/mol. The van der Waals surface area contributed by atoms with E-state index in [0.717, 1.165) is 24.2 Å². The highest BCUT2D eigenvalue weighted by atomic mass is 16.5. The van der Waals surface area contributed by atoms with Crippen LogP contribution in [0.15, 0.2) is 24.3 Å². The van der Waals surface area contributed by atoms with Crippen LogP contribution in [0.4, 0.5) is 0 Å². The standard InChI is InChI=1S/C17H22N2O3/c1-21-9-3-5-15-11-13(17(20)19-14-7-8-14)12-16(18-15)6-4-10-22-2/h3-6,11-12,14H,7-10H2,1-2H3,(H,19,20). The summed E-state index contributed by atoms with van der Waals surface area (Å²) in [5, 5.41) is 2.99. The Labute approximate surface area is 131 Å². The molecule has 1 heterocycles. The van der Waals surface area contributed by atoms with Gasteiger partial charge in [0.2, 0.25) is 0 Å². The van der Waals surface area contributed by atoms with Crippen LogP contribution in [-0.2, 0) is 9.47 Å². The number of ether oxygens (including phenoxy) is 2. The smallest absolute Gasteiger partial charge is 0.251 e. The molecule has 0 bridgehead atoms. The second-order valence-corrected chi connectivity index (χ2v) is 5.17. The molecule has 0 atom stereocenters. The molecule has 1 saturated carbocycles. The molecule has 1 aromatic heterocycles. The fraction of sp³-hybridized carbons (Fsp3) is 0.412. The van der Waals surface area contributed by atoms with Gasteiger partial charge in [0, 0.05) is 25.8 Å². The summed E-state index contributed by atoms with van der Waals surface area (Å²) in [6, 6.07) is 3.91. The number of nitrogens with zero attached hydrogens (tertiary/aromatic N) is 1. The summed E-state index contributed by atoms with van der Waals surface area (Å²) in [4.78, 5) is 16.7. The molecule has 0 aliphatic heterocycles. The highest BCUT2D eigenvalue weighted by Gasteiger charge is 2.24. The zero-order valence-electron chi connectivity index (χ0n) is 13.0. The number of methoxy groups -OCH3 is 2. The first-order valence-electron chi connectivity index (χ1n) is 7.37. The number of hydrogen-bond donors (Lipinski definition) is 1. The van der Waals surface area contributed by atoms with Gasteiger partial charge in [0.25, 0.3) is 5.91 Å². The minimum Gasteiger partial charge on any atom is -0.381 e. The maximum absolute atomic E-state index is 12.2. The fourth-order valence-electron chi connectivity index (χ4n) is 1.90. The first kappa shape index (κ1) is 16.4. The molecule has 1 N–H and O–H groups in total. The van der Waals surface area contributed by atoms with E-state index in [4.69, 9.17) is 9.47 Å². The summed E-state index contributed by atoms with van der Waals surface area (Å²) in [7, 11) is 3.27. The van der Waals surface area contributed by atoms with Crippen LogP contribution in [0, 0.1) is 0 Å². The Morgan fingerprint density at radius 3 is 2.18 bits per heavy atom. The molecule has 118 valence electrons. The largest absolute Gasteiger partial charge is 0.381 e. The Morgan fingerprint density at radius 1 is 1.18 bits per heavy atom. The third-order valence-corrected chi connectivity index (χ3v) is 3.14. The number of carbonyl (C=O) groups excluding carboxylic acids is 1. The van der Waals surface area contributed by atoms with Crippen LogP contribution >= 0.6 is 0 Å². The molecule has 0 spiro atoms. The fourth-order valence-corrected chi connectivity index (χ4v) is 1.90. The zero-order chi connectivity index (χ0) is 15.8. The molecule has 2 rings (SSSR count). The van der Waals surface area contributed by atoms with E-state index in [0.29, 0.717) is 24.8 Å². The van der Waals surface area contributed by atoms with Crippen LogP contribution < -0.4 is 5.32 Å². The van der Waals surface area contributed by atoms with Crippen molar-refractivity contribution in [2.45, 2.75) is 18.9 Å². The molecule has 1 aliphatic rings. The van der Waals surface area contributed by atoms with Crippen LogP contribution in [0.25, 0.3) is 12.2 Å². The molecule has 0 aromatic carbocycles. The Kier molecular flexibility index (Phi) is 6.30. The molecule has 5 nitrogen and oxygen atoms in total. The third-order valence-electron chi connectivity index (χ3n) is 3.14. The first-order valence-corrected chi connectivity index (χ1v) is 7.37. The van der Waals surface area contributed by atoms with Gasteiger partial charge in [-0.05, 0) is 37.1 Å². The van der Waals surface area contributed by atoms with Gasteiger partial charge in [0.15, 0.2) is 0 Å². The number of nitrogens with one attached hydrogen (secondary N) is 1. The van der Waals surface area contributed by atoms with Gasteiger partial charge in [-0.1, -0.05) is 12.2 Å². The summed E-state index contributed by atoms with van der Waals surface area (Å²) in [6.45, 7) is 1.02. The Morgan fingerprint density at radius 2 is 1.73 bits per heavy atom. The van der Waals surface area contributed by atoms with Crippen molar-refractivity contribution in [3.8, 4) is 0 Å². The van der Waals surface area contributed by atoms with Crippen LogP contribution in [0.1, 0.15) is 34.6 Å². The Hall–Kier alpha value is -1.98. The predicted molar refractivity (Wildman–Crippen MR) is 86.5 cm³/mol. The molecule has 5 heteroatoms. The SMILES string of the molecule is COCC=Cc1cc(C(=O)NC2CC2)cc(C=CCOC)n1. The minimum absolute atomic E-state index is 0.0484. The van der Waals surface area contributed by atoms with E-state index >= 15 is 0 Å². The highest BCUT2D eigenvalue weighted by molar-refractivity contribution is 5.95. The second-order valence-electron chi connectivity index (χ2n) is 5.17. The van der Waals surface area contributed by atoms with Crippen molar-refractivity contribution >= 4 is 18.1 Å². The van der Waals surface area contributed by atoms with Gasteiger partial charge in [-0.2, -0.15) is 0 Å². The molecule has 1 amide bonds. The van der Waals surface area contributed by atoms with Gasteiger partial charge in [0.05, 0.1) is 24.6 Å². The van der Waals surface area contributed by atoms with E-state index in [2.05, 4.69) is 10.3 Å². The number of hydrogen-bond acceptors (Lipinski definition) is 4. The van der Waals surface area contributed by atoms with E-state index in [1.54, 1.807) is 26.4 Å². The molecule has 22 heavy (non-hydrogen) atoms. The zero-order valence-corrected chi connectivity index (χ0v) is 13.0. The van der Waals surface area contributed by atoms with E-state index in [1.807, 2.05) is 24.3 Å². The quantitative estimate of drug-likeness (QED) is 0.800. The van der Waals surface area contributed by atoms with Crippen LogP contribution in [0.5, 0.6) is 0 Å². The average Bonchev–Trinajstić information content (AvgIpc) is 3.31. The molecule has 1 aromatic rings. The van der Waals surface area contributed by atoms with E-state index in [9.17, 15) is 4.79 Å². The van der Waals surface area contributed by atoms with Gasteiger partial charge in [-0.15, -0.1) is 0 Å². The average molecular weight is 302 g/mol. The lowest BCUT2D eigenvalue weighted by atomic mass is 10.1. The molecular weight excluding hydrogens is 280 g/mol. The van der Waals surface area contributed by atoms with Crippen LogP contribution in [0.3, 0.4) is 0 Å². The lowest BCUT2D eigenvalue weighted by Crippen LogP contribution is -2.25. The summed E-state index contributed by atoms with van der Waals surface area (Å²) in [5.41, 5.74) is 2.09. The van der Waals surface area contributed by atoms with Gasteiger partial charge in [0.1, 0.15) is 0 Å². The molecule has 1 aliphatic carbocycles. The van der Waals surface area contributed by atoms with Crippen molar-refractivity contribution in [2.24, 2.45) is 0 Å². The maximum Gasteiger partial charge on any atom is 0.251 e. The lowest BCUT2D eigenvalue weighted by molar-refractivity contribution is 0.0951. The lowest BCUT2D eigenvalue weighted by Gasteiger charge is -2.06. The second kappa shape index (κ2) is 8.46. The van der Waals surface area contributed by atoms with Gasteiger partial charge >= 0.3 is 0 Å². The number of amides is 1. The molecule has 0 radical (unpaired) electrons. The van der Waals surface area contributed by atoms with Gasteiger partial charge in [-0.25, -0.2) is 4.98 Å². The summed E-state index contributed by atoms with van der Waals surface area (Å²) >= 11 is 0. The van der Waals surface area contributed by atoms with Gasteiger partial charge in [-0.3, -0.25) is 4.79 Å². The Bertz CT molecular complexity index is 529. The van der Waals surface area contributed by atoms with Crippen LogP contribution in [-0.4, -0.2) is 44.4 Å². The third kappa shape index (κ3) is 5.42. The number of carbonyl (C=O) groups is 1. The molecule has 0 saturated heterocycles.